The Labute approximate surface area is 167 Å². The number of H-pyrrole nitrogens is 1. The van der Waals surface area contributed by atoms with Crippen molar-refractivity contribution in [3.8, 4) is 11.3 Å². The van der Waals surface area contributed by atoms with Crippen molar-refractivity contribution >= 4 is 33.5 Å². The maximum atomic E-state index is 12.7. The molecule has 3 N–H and O–H groups in total. The summed E-state index contributed by atoms with van der Waals surface area (Å²) < 4.78 is 1.67. The lowest BCUT2D eigenvalue weighted by Gasteiger charge is -2.32. The number of hydrogen-bond donors (Lipinski definition) is 2. The van der Waals surface area contributed by atoms with Crippen LogP contribution in [0.1, 0.15) is 0 Å². The average Bonchev–Trinajstić information content (AvgIpc) is 3.38. The van der Waals surface area contributed by atoms with Crippen molar-refractivity contribution in [2.24, 2.45) is 0 Å². The van der Waals surface area contributed by atoms with Crippen molar-refractivity contribution in [1.82, 2.24) is 34.8 Å². The molecule has 0 atom stereocenters. The molecule has 3 aromatic heterocycles. The summed E-state index contributed by atoms with van der Waals surface area (Å²) in [7, 11) is 2.07. The fourth-order valence-electron chi connectivity index (χ4n) is 3.80. The Balaban J connectivity index is 1.48. The minimum Gasteiger partial charge on any atom is -0.382 e. The van der Waals surface area contributed by atoms with Crippen molar-refractivity contribution < 1.29 is 4.79 Å². The lowest BCUT2D eigenvalue weighted by atomic mass is 10.1. The highest BCUT2D eigenvalue weighted by Crippen LogP contribution is 2.30. The number of benzene rings is 1. The van der Waals surface area contributed by atoms with Gasteiger partial charge < -0.3 is 15.5 Å². The highest BCUT2D eigenvalue weighted by Gasteiger charge is 2.20. The van der Waals surface area contributed by atoms with Gasteiger partial charge >= 0.3 is 0 Å². The van der Waals surface area contributed by atoms with Gasteiger partial charge in [0.2, 0.25) is 5.91 Å². The molecule has 1 aromatic carbocycles. The van der Waals surface area contributed by atoms with Gasteiger partial charge in [-0.05, 0) is 19.2 Å². The smallest absolute Gasteiger partial charge is 0.244 e. The van der Waals surface area contributed by atoms with Crippen LogP contribution in [0.4, 0.5) is 5.82 Å². The summed E-state index contributed by atoms with van der Waals surface area (Å²) in [6.07, 6.45) is 3.60. The van der Waals surface area contributed by atoms with Gasteiger partial charge in [0, 0.05) is 54.9 Å². The standard InChI is InChI=1S/C20H22N8O/c1-26-6-8-27(9-7-26)18(29)12-28-11-15-14-3-2-13(16-4-5-22-24-16)10-17(14)23-20(21)19(15)25-28/h2-5,10-11H,6-9,12H2,1H3,(H2,21,23)(H,22,24). The lowest BCUT2D eigenvalue weighted by Crippen LogP contribution is -2.48. The number of aromatic amines is 1. The molecule has 0 radical (unpaired) electrons. The largest absolute Gasteiger partial charge is 0.382 e. The van der Waals surface area contributed by atoms with Gasteiger partial charge in [-0.1, -0.05) is 12.1 Å². The molecule has 0 saturated carbocycles. The number of carbonyl (C=O) groups is 1. The summed E-state index contributed by atoms with van der Waals surface area (Å²) in [5.41, 5.74) is 9.50. The summed E-state index contributed by atoms with van der Waals surface area (Å²) >= 11 is 0. The molecule has 0 aliphatic carbocycles. The number of carbonyl (C=O) groups excluding carboxylic acids is 1. The number of fused-ring (bicyclic) bond motifs is 3. The highest BCUT2D eigenvalue weighted by atomic mass is 16.2. The van der Waals surface area contributed by atoms with Crippen LogP contribution >= 0.6 is 0 Å². The molecule has 9 heteroatoms. The van der Waals surface area contributed by atoms with E-state index in [-0.39, 0.29) is 12.5 Å². The summed E-state index contributed by atoms with van der Waals surface area (Å²) in [4.78, 5) is 21.3. The van der Waals surface area contributed by atoms with E-state index >= 15 is 0 Å². The van der Waals surface area contributed by atoms with Crippen molar-refractivity contribution in [3.63, 3.8) is 0 Å². The Bertz CT molecular complexity index is 1190. The molecule has 9 nitrogen and oxygen atoms in total. The Morgan fingerprint density at radius 2 is 2.00 bits per heavy atom. The van der Waals surface area contributed by atoms with E-state index in [0.29, 0.717) is 11.3 Å². The Hall–Kier alpha value is -3.46. The fourth-order valence-corrected chi connectivity index (χ4v) is 3.80. The number of nitrogens with two attached hydrogens (primary N) is 1. The second-order valence-electron chi connectivity index (χ2n) is 7.47. The zero-order valence-electron chi connectivity index (χ0n) is 16.2. The summed E-state index contributed by atoms with van der Waals surface area (Å²) in [6, 6.07) is 7.91. The molecule has 0 bridgehead atoms. The molecular weight excluding hydrogens is 368 g/mol. The average molecular weight is 390 g/mol. The van der Waals surface area contributed by atoms with Crippen LogP contribution in [0.5, 0.6) is 0 Å². The summed E-state index contributed by atoms with van der Waals surface area (Å²) in [5, 5.41) is 13.3. The molecule has 4 heterocycles. The molecule has 0 spiro atoms. The SMILES string of the molecule is CN1CCN(C(=O)Cn2cc3c(n2)c(N)nc2cc(-c4ccn[nH]4)ccc23)CC1. The number of aromatic nitrogens is 5. The zero-order chi connectivity index (χ0) is 20.0. The van der Waals surface area contributed by atoms with Crippen molar-refractivity contribution in [2.45, 2.75) is 6.54 Å². The predicted octanol–water partition coefficient (Wildman–Crippen LogP) is 1.33. The number of hydrogen-bond acceptors (Lipinski definition) is 6. The molecule has 1 aliphatic rings. The number of piperazine rings is 1. The maximum Gasteiger partial charge on any atom is 0.244 e. The third-order valence-corrected chi connectivity index (χ3v) is 5.50. The minimum absolute atomic E-state index is 0.0725. The van der Waals surface area contributed by atoms with E-state index in [1.807, 2.05) is 35.4 Å². The summed E-state index contributed by atoms with van der Waals surface area (Å²) in [6.45, 7) is 3.49. The third-order valence-electron chi connectivity index (χ3n) is 5.50. The van der Waals surface area contributed by atoms with Crippen LogP contribution in [0.2, 0.25) is 0 Å². The van der Waals surface area contributed by atoms with E-state index < -0.39 is 0 Å². The van der Waals surface area contributed by atoms with E-state index in [1.54, 1.807) is 10.9 Å². The number of anilines is 1. The first kappa shape index (κ1) is 17.6. The molecular formula is C20H22N8O. The van der Waals surface area contributed by atoms with E-state index in [4.69, 9.17) is 5.73 Å². The van der Waals surface area contributed by atoms with Gasteiger partial charge in [0.05, 0.1) is 11.2 Å². The first-order valence-electron chi connectivity index (χ1n) is 9.61. The topological polar surface area (TPSA) is 109 Å². The monoisotopic (exact) mass is 390 g/mol. The van der Waals surface area contributed by atoms with E-state index in [9.17, 15) is 4.79 Å². The Morgan fingerprint density at radius 1 is 1.17 bits per heavy atom. The molecule has 4 aromatic rings. The molecule has 1 amide bonds. The molecule has 148 valence electrons. The number of nitrogens with one attached hydrogen (secondary N) is 1. The maximum absolute atomic E-state index is 12.7. The lowest BCUT2D eigenvalue weighted by molar-refractivity contribution is -0.133. The van der Waals surface area contributed by atoms with Crippen LogP contribution in [0.3, 0.4) is 0 Å². The number of nitrogen functional groups attached to an aromatic ring is 1. The zero-order valence-corrected chi connectivity index (χ0v) is 16.2. The van der Waals surface area contributed by atoms with Gasteiger partial charge in [0.25, 0.3) is 0 Å². The van der Waals surface area contributed by atoms with Gasteiger partial charge in [-0.15, -0.1) is 0 Å². The van der Waals surface area contributed by atoms with Crippen molar-refractivity contribution in [2.75, 3.05) is 39.0 Å². The first-order chi connectivity index (χ1) is 14.1. The summed E-state index contributed by atoms with van der Waals surface area (Å²) in [5.74, 6) is 0.434. The van der Waals surface area contributed by atoms with Crippen LogP contribution in [-0.2, 0) is 11.3 Å². The fraction of sp³-hybridized carbons (Fsp3) is 0.300. The van der Waals surface area contributed by atoms with Crippen LogP contribution < -0.4 is 5.73 Å². The molecule has 5 rings (SSSR count). The van der Waals surface area contributed by atoms with Crippen LogP contribution in [0.15, 0.2) is 36.7 Å². The second kappa shape index (κ2) is 6.85. The van der Waals surface area contributed by atoms with Gasteiger partial charge in [0.1, 0.15) is 12.1 Å². The minimum atomic E-state index is 0.0725. The van der Waals surface area contributed by atoms with Crippen LogP contribution in [0.25, 0.3) is 33.1 Å². The first-order valence-corrected chi connectivity index (χ1v) is 9.61. The highest BCUT2D eigenvalue weighted by molar-refractivity contribution is 6.08. The molecule has 1 fully saturated rings. The van der Waals surface area contributed by atoms with E-state index in [2.05, 4.69) is 32.2 Å². The predicted molar refractivity (Wildman–Crippen MR) is 111 cm³/mol. The Kier molecular flexibility index (Phi) is 4.17. The Morgan fingerprint density at radius 3 is 2.76 bits per heavy atom. The van der Waals surface area contributed by atoms with Crippen molar-refractivity contribution in [3.05, 3.63) is 36.7 Å². The van der Waals surface area contributed by atoms with Gasteiger partial charge in [-0.3, -0.25) is 14.6 Å². The molecule has 0 unspecified atom stereocenters. The second-order valence-corrected chi connectivity index (χ2v) is 7.47. The van der Waals surface area contributed by atoms with Crippen molar-refractivity contribution in [1.29, 1.82) is 0 Å². The molecule has 1 saturated heterocycles. The van der Waals surface area contributed by atoms with Crippen LogP contribution in [-0.4, -0.2) is 73.9 Å². The van der Waals surface area contributed by atoms with E-state index in [1.165, 1.54) is 0 Å². The van der Waals surface area contributed by atoms with Gasteiger partial charge in [-0.2, -0.15) is 10.2 Å². The quantitative estimate of drug-likeness (QED) is 0.546. The molecule has 29 heavy (non-hydrogen) atoms. The number of amides is 1. The van der Waals surface area contributed by atoms with E-state index in [0.717, 1.165) is 53.7 Å². The molecule has 1 aliphatic heterocycles. The van der Waals surface area contributed by atoms with Gasteiger partial charge in [0.15, 0.2) is 5.82 Å². The third kappa shape index (κ3) is 3.19. The van der Waals surface area contributed by atoms with Gasteiger partial charge in [-0.25, -0.2) is 4.98 Å². The number of likely N-dealkylation sites (N-methyl/N-ethyl adjacent to an activating group) is 1. The normalized spacial score (nSPS) is 15.4. The van der Waals surface area contributed by atoms with Crippen LogP contribution in [0, 0.1) is 0 Å². The number of pyridine rings is 1. The number of nitrogens with zero attached hydrogens (tertiary/aromatic N) is 6. The number of rotatable bonds is 3.